The third kappa shape index (κ3) is 2.48. The van der Waals surface area contributed by atoms with Crippen LogP contribution in [0, 0.1) is 13.8 Å². The Morgan fingerprint density at radius 1 is 1.28 bits per heavy atom. The number of pyridine rings is 1. The summed E-state index contributed by atoms with van der Waals surface area (Å²) in [6.07, 6.45) is 1.48. The van der Waals surface area contributed by atoms with Gasteiger partial charge in [-0.2, -0.15) is 0 Å². The monoisotopic (exact) mass is 242 g/mol. The van der Waals surface area contributed by atoms with Gasteiger partial charge in [-0.3, -0.25) is 0 Å². The Hall–Kier alpha value is -2.36. The number of carbonyl (C=O) groups excluding carboxylic acids is 1. The van der Waals surface area contributed by atoms with Crippen LogP contribution in [-0.4, -0.2) is 11.0 Å². The first-order chi connectivity index (χ1) is 8.58. The molecule has 4 nitrogen and oxygen atoms in total. The second kappa shape index (κ2) is 4.87. The summed E-state index contributed by atoms with van der Waals surface area (Å²) in [7, 11) is 0. The second-order valence-electron chi connectivity index (χ2n) is 4.01. The Balaban J connectivity index is 2.37. The molecule has 1 aromatic heterocycles. The minimum atomic E-state index is -1.30. The van der Waals surface area contributed by atoms with E-state index in [1.54, 1.807) is 6.07 Å². The minimum absolute atomic E-state index is 0.0458. The van der Waals surface area contributed by atoms with Crippen LogP contribution in [0.1, 0.15) is 21.5 Å². The molecule has 0 fully saturated rings. The van der Waals surface area contributed by atoms with E-state index in [-0.39, 0.29) is 11.4 Å². The van der Waals surface area contributed by atoms with Crippen LogP contribution in [0.3, 0.4) is 0 Å². The molecule has 0 saturated heterocycles. The molecule has 4 heteroatoms. The highest BCUT2D eigenvalue weighted by molar-refractivity contribution is 5.88. The number of rotatable bonds is 3. The van der Waals surface area contributed by atoms with Crippen molar-refractivity contribution in [3.8, 4) is 11.6 Å². The Morgan fingerprint density at radius 2 is 2.06 bits per heavy atom. The van der Waals surface area contributed by atoms with Crippen LogP contribution >= 0.6 is 0 Å². The third-order valence-electron chi connectivity index (χ3n) is 2.53. The van der Waals surface area contributed by atoms with Crippen LogP contribution in [0.4, 0.5) is 0 Å². The van der Waals surface area contributed by atoms with Gasteiger partial charge < -0.3 is 14.6 Å². The van der Waals surface area contributed by atoms with Gasteiger partial charge in [0.15, 0.2) is 0 Å². The molecule has 1 heterocycles. The number of ether oxygens (including phenoxy) is 1. The highest BCUT2D eigenvalue weighted by atomic mass is 16.5. The van der Waals surface area contributed by atoms with Crippen molar-refractivity contribution in [2.45, 2.75) is 13.8 Å². The molecule has 0 saturated carbocycles. The van der Waals surface area contributed by atoms with Gasteiger partial charge in [-0.15, -0.1) is 0 Å². The van der Waals surface area contributed by atoms with Crippen molar-refractivity contribution in [2.24, 2.45) is 0 Å². The van der Waals surface area contributed by atoms with Crippen LogP contribution in [0.25, 0.3) is 0 Å². The van der Waals surface area contributed by atoms with Gasteiger partial charge in [0.05, 0.1) is 11.5 Å². The van der Waals surface area contributed by atoms with Crippen LogP contribution < -0.4 is 9.84 Å². The number of carboxylic acid groups (broad SMARTS) is 1. The summed E-state index contributed by atoms with van der Waals surface area (Å²) in [4.78, 5) is 14.8. The maximum atomic E-state index is 10.9. The summed E-state index contributed by atoms with van der Waals surface area (Å²) in [5.74, 6) is -0.672. The second-order valence-corrected chi connectivity index (χ2v) is 4.01. The predicted octanol–water partition coefficient (Wildman–Crippen LogP) is 1.85. The van der Waals surface area contributed by atoms with Gasteiger partial charge in [0, 0.05) is 6.20 Å². The molecule has 0 amide bonds. The van der Waals surface area contributed by atoms with E-state index in [1.165, 1.54) is 18.3 Å². The summed E-state index contributed by atoms with van der Waals surface area (Å²) >= 11 is 0. The number of aromatic nitrogens is 1. The number of aromatic carboxylic acids is 1. The van der Waals surface area contributed by atoms with Crippen LogP contribution in [-0.2, 0) is 0 Å². The number of nitrogens with zero attached hydrogens (tertiary/aromatic N) is 1. The number of hydrogen-bond acceptors (Lipinski definition) is 4. The van der Waals surface area contributed by atoms with Crippen molar-refractivity contribution in [3.63, 3.8) is 0 Å². The summed E-state index contributed by atoms with van der Waals surface area (Å²) in [6.45, 7) is 3.87. The SMILES string of the molecule is Cc1ccc(Oc2ncccc2C(=O)[O-])c(C)c1. The fourth-order valence-corrected chi connectivity index (χ4v) is 1.65. The molecule has 0 aliphatic rings. The quantitative estimate of drug-likeness (QED) is 0.824. The third-order valence-corrected chi connectivity index (χ3v) is 2.53. The molecule has 0 bridgehead atoms. The molecule has 0 N–H and O–H groups in total. The minimum Gasteiger partial charge on any atom is -0.545 e. The Morgan fingerprint density at radius 3 is 2.72 bits per heavy atom. The fourth-order valence-electron chi connectivity index (χ4n) is 1.65. The topological polar surface area (TPSA) is 62.2 Å². The molecular formula is C14H12NO3-. The molecule has 18 heavy (non-hydrogen) atoms. The van der Waals surface area contributed by atoms with Crippen molar-refractivity contribution in [1.82, 2.24) is 4.98 Å². The number of benzene rings is 1. The average Bonchev–Trinajstić information content (AvgIpc) is 2.33. The van der Waals surface area contributed by atoms with Crippen molar-refractivity contribution in [3.05, 3.63) is 53.2 Å². The summed E-state index contributed by atoms with van der Waals surface area (Å²) in [5.41, 5.74) is 1.98. The van der Waals surface area contributed by atoms with Gasteiger partial charge in [0.1, 0.15) is 5.75 Å². The number of aryl methyl sites for hydroxylation is 2. The van der Waals surface area contributed by atoms with Gasteiger partial charge in [0.25, 0.3) is 0 Å². The molecule has 0 radical (unpaired) electrons. The van der Waals surface area contributed by atoms with Gasteiger partial charge in [-0.25, -0.2) is 4.98 Å². The molecule has 0 spiro atoms. The molecule has 1 aromatic carbocycles. The van der Waals surface area contributed by atoms with Crippen molar-refractivity contribution in [1.29, 1.82) is 0 Å². The van der Waals surface area contributed by atoms with E-state index >= 15 is 0 Å². The Bertz CT molecular complexity index is 593. The predicted molar refractivity (Wildman–Crippen MR) is 64.6 cm³/mol. The molecule has 0 aliphatic heterocycles. The van der Waals surface area contributed by atoms with E-state index in [2.05, 4.69) is 4.98 Å². The zero-order valence-corrected chi connectivity index (χ0v) is 10.1. The molecule has 0 aliphatic carbocycles. The van der Waals surface area contributed by atoms with E-state index in [0.717, 1.165) is 11.1 Å². The lowest BCUT2D eigenvalue weighted by Crippen LogP contribution is -2.23. The van der Waals surface area contributed by atoms with Crippen molar-refractivity contribution in [2.75, 3.05) is 0 Å². The first-order valence-corrected chi connectivity index (χ1v) is 5.49. The zero-order chi connectivity index (χ0) is 13.1. The van der Waals surface area contributed by atoms with E-state index in [9.17, 15) is 9.90 Å². The number of carboxylic acids is 1. The van der Waals surface area contributed by atoms with Crippen LogP contribution in [0.2, 0.25) is 0 Å². The zero-order valence-electron chi connectivity index (χ0n) is 10.1. The molecule has 2 aromatic rings. The van der Waals surface area contributed by atoms with Gasteiger partial charge >= 0.3 is 0 Å². The lowest BCUT2D eigenvalue weighted by molar-refractivity contribution is -0.255. The highest BCUT2D eigenvalue weighted by Crippen LogP contribution is 2.26. The molecular weight excluding hydrogens is 230 g/mol. The van der Waals surface area contributed by atoms with Crippen LogP contribution in [0.5, 0.6) is 11.6 Å². The number of carbonyl (C=O) groups is 1. The standard InChI is InChI=1S/C14H13NO3/c1-9-5-6-12(10(2)8-9)18-13-11(14(16)17)4-3-7-15-13/h3-8H,1-2H3,(H,16,17)/p-1. The highest BCUT2D eigenvalue weighted by Gasteiger charge is 2.08. The van der Waals surface area contributed by atoms with E-state index in [4.69, 9.17) is 4.74 Å². The maximum absolute atomic E-state index is 10.9. The summed E-state index contributed by atoms with van der Waals surface area (Å²) in [6, 6.07) is 8.57. The summed E-state index contributed by atoms with van der Waals surface area (Å²) < 4.78 is 5.52. The van der Waals surface area contributed by atoms with E-state index < -0.39 is 5.97 Å². The summed E-state index contributed by atoms with van der Waals surface area (Å²) in [5, 5.41) is 10.9. The van der Waals surface area contributed by atoms with Crippen molar-refractivity contribution >= 4 is 5.97 Å². The average molecular weight is 242 g/mol. The smallest absolute Gasteiger partial charge is 0.228 e. The normalized spacial score (nSPS) is 10.1. The van der Waals surface area contributed by atoms with Gasteiger partial charge in [-0.1, -0.05) is 17.7 Å². The van der Waals surface area contributed by atoms with Crippen molar-refractivity contribution < 1.29 is 14.6 Å². The Labute approximate surface area is 105 Å². The van der Waals surface area contributed by atoms with E-state index in [0.29, 0.717) is 5.75 Å². The first-order valence-electron chi connectivity index (χ1n) is 5.49. The molecule has 92 valence electrons. The largest absolute Gasteiger partial charge is 0.545 e. The van der Waals surface area contributed by atoms with E-state index in [1.807, 2.05) is 26.0 Å². The molecule has 0 atom stereocenters. The van der Waals surface area contributed by atoms with Crippen LogP contribution in [0.15, 0.2) is 36.5 Å². The van der Waals surface area contributed by atoms with Gasteiger partial charge in [-0.05, 0) is 37.6 Å². The lowest BCUT2D eigenvalue weighted by atomic mass is 10.1. The fraction of sp³-hybridized carbons (Fsp3) is 0.143. The lowest BCUT2D eigenvalue weighted by Gasteiger charge is -2.12. The molecule has 2 rings (SSSR count). The molecule has 0 unspecified atom stereocenters. The Kier molecular flexibility index (Phi) is 3.28. The first kappa shape index (κ1) is 12.1. The van der Waals surface area contributed by atoms with Gasteiger partial charge in [0.2, 0.25) is 5.88 Å². The number of hydrogen-bond donors (Lipinski definition) is 0. The maximum Gasteiger partial charge on any atom is 0.228 e.